The molecule has 3 heterocycles. The van der Waals surface area contributed by atoms with Gasteiger partial charge in [-0.15, -0.1) is 5.10 Å². The van der Waals surface area contributed by atoms with Crippen molar-refractivity contribution in [2.24, 2.45) is 0 Å². The predicted molar refractivity (Wildman–Crippen MR) is 123 cm³/mol. The van der Waals surface area contributed by atoms with E-state index in [0.29, 0.717) is 32.8 Å². The van der Waals surface area contributed by atoms with Crippen molar-refractivity contribution in [3.8, 4) is 5.75 Å². The normalized spacial score (nSPS) is 18.6. The minimum atomic E-state index is -0.0557. The zero-order valence-electron chi connectivity index (χ0n) is 18.7. The van der Waals surface area contributed by atoms with Gasteiger partial charge < -0.3 is 19.7 Å². The van der Waals surface area contributed by atoms with E-state index < -0.39 is 0 Å². The number of carbonyl (C=O) groups is 1. The molecular weight excluding hydrogens is 420 g/mol. The number of anilines is 1. The molecule has 1 aromatic heterocycles. The number of nitrogens with one attached hydrogen (secondary N) is 1. The number of hydrogen-bond acceptors (Lipinski definition) is 6. The van der Waals surface area contributed by atoms with Crippen LogP contribution in [0.1, 0.15) is 23.1 Å². The van der Waals surface area contributed by atoms with Gasteiger partial charge in [-0.2, -0.15) is 0 Å². The number of urea groups is 1. The second-order valence-corrected chi connectivity index (χ2v) is 8.30. The van der Waals surface area contributed by atoms with Crippen molar-refractivity contribution in [1.29, 1.82) is 0 Å². The molecule has 0 spiro atoms. The zero-order chi connectivity index (χ0) is 22.6. The molecule has 2 amide bonds. The van der Waals surface area contributed by atoms with Crippen molar-refractivity contribution < 1.29 is 14.3 Å². The lowest BCUT2D eigenvalue weighted by Gasteiger charge is -2.34. The Bertz CT molecular complexity index is 1080. The van der Waals surface area contributed by atoms with Crippen LogP contribution in [0.2, 0.25) is 0 Å². The molecule has 0 unspecified atom stereocenters. The van der Waals surface area contributed by atoms with E-state index in [1.54, 1.807) is 7.11 Å². The van der Waals surface area contributed by atoms with E-state index in [0.717, 1.165) is 41.5 Å². The Kier molecular flexibility index (Phi) is 6.23. The van der Waals surface area contributed by atoms with E-state index in [1.165, 1.54) is 0 Å². The number of ether oxygens (including phenoxy) is 2. The molecule has 2 aliphatic rings. The maximum atomic E-state index is 12.5. The molecule has 9 nitrogen and oxygen atoms in total. The summed E-state index contributed by atoms with van der Waals surface area (Å²) in [6.45, 7) is 4.78. The third kappa shape index (κ3) is 4.84. The van der Waals surface area contributed by atoms with Crippen molar-refractivity contribution >= 4 is 11.7 Å². The van der Waals surface area contributed by atoms with Crippen LogP contribution in [0.25, 0.3) is 0 Å². The highest BCUT2D eigenvalue weighted by molar-refractivity contribution is 5.89. The van der Waals surface area contributed by atoms with Gasteiger partial charge in [0.15, 0.2) is 0 Å². The number of rotatable bonds is 5. The summed E-state index contributed by atoms with van der Waals surface area (Å²) in [5, 5.41) is 11.8. The Morgan fingerprint density at radius 1 is 1.09 bits per heavy atom. The van der Waals surface area contributed by atoms with E-state index in [2.05, 4.69) is 20.5 Å². The maximum Gasteiger partial charge on any atom is 0.321 e. The maximum absolute atomic E-state index is 12.5. The number of benzene rings is 2. The van der Waals surface area contributed by atoms with Crippen LogP contribution in [0.5, 0.6) is 5.75 Å². The quantitative estimate of drug-likeness (QED) is 0.646. The van der Waals surface area contributed by atoms with Crippen molar-refractivity contribution in [3.63, 3.8) is 0 Å². The zero-order valence-corrected chi connectivity index (χ0v) is 18.7. The molecule has 5 rings (SSSR count). The Balaban J connectivity index is 1.14. The van der Waals surface area contributed by atoms with Crippen LogP contribution < -0.4 is 10.1 Å². The number of carbonyl (C=O) groups excluding carboxylic acids is 1. The van der Waals surface area contributed by atoms with Crippen LogP contribution in [0, 0.1) is 0 Å². The molecule has 1 N–H and O–H groups in total. The summed E-state index contributed by atoms with van der Waals surface area (Å²) in [5.74, 6) is 0.830. The van der Waals surface area contributed by atoms with Gasteiger partial charge in [0.25, 0.3) is 0 Å². The number of hydrogen-bond donors (Lipinski definition) is 1. The van der Waals surface area contributed by atoms with Gasteiger partial charge in [0, 0.05) is 38.4 Å². The summed E-state index contributed by atoms with van der Waals surface area (Å²) < 4.78 is 13.3. The van der Waals surface area contributed by atoms with Crippen LogP contribution in [-0.2, 0) is 24.4 Å². The number of amides is 2. The third-order valence-electron chi connectivity index (χ3n) is 6.22. The van der Waals surface area contributed by atoms with Gasteiger partial charge in [-0.25, -0.2) is 9.48 Å². The van der Waals surface area contributed by atoms with Crippen LogP contribution in [0.15, 0.2) is 54.6 Å². The lowest BCUT2D eigenvalue weighted by Crippen LogP contribution is -2.49. The van der Waals surface area contributed by atoms with Gasteiger partial charge in [0.05, 0.1) is 26.0 Å². The van der Waals surface area contributed by atoms with E-state index >= 15 is 0 Å². The van der Waals surface area contributed by atoms with Crippen LogP contribution in [0.3, 0.4) is 0 Å². The molecule has 2 aliphatic heterocycles. The molecule has 9 heteroatoms. The average molecular weight is 449 g/mol. The van der Waals surface area contributed by atoms with Gasteiger partial charge in [-0.1, -0.05) is 35.5 Å². The number of fused-ring (bicyclic) bond motifs is 1. The van der Waals surface area contributed by atoms with Crippen molar-refractivity contribution in [2.75, 3.05) is 38.6 Å². The lowest BCUT2D eigenvalue weighted by atomic mass is 10.1. The number of methoxy groups -OCH3 is 1. The van der Waals surface area contributed by atoms with Crippen molar-refractivity contribution in [2.45, 2.75) is 25.8 Å². The lowest BCUT2D eigenvalue weighted by molar-refractivity contribution is -0.00220. The molecule has 172 valence electrons. The molecule has 33 heavy (non-hydrogen) atoms. The van der Waals surface area contributed by atoms with Crippen LogP contribution in [-0.4, -0.2) is 64.1 Å². The topological polar surface area (TPSA) is 84.8 Å². The van der Waals surface area contributed by atoms with Gasteiger partial charge in [0.1, 0.15) is 17.5 Å². The molecule has 1 fully saturated rings. The smallest absolute Gasteiger partial charge is 0.321 e. The van der Waals surface area contributed by atoms with E-state index in [1.807, 2.05) is 64.2 Å². The predicted octanol–water partition coefficient (Wildman–Crippen LogP) is 2.91. The van der Waals surface area contributed by atoms with Gasteiger partial charge in [-0.05, 0) is 29.8 Å². The highest BCUT2D eigenvalue weighted by atomic mass is 16.5. The first kappa shape index (κ1) is 21.4. The van der Waals surface area contributed by atoms with Crippen LogP contribution in [0.4, 0.5) is 10.5 Å². The second kappa shape index (κ2) is 9.60. The number of para-hydroxylation sites is 1. The van der Waals surface area contributed by atoms with Crippen LogP contribution >= 0.6 is 0 Å². The first-order valence-electron chi connectivity index (χ1n) is 11.2. The van der Waals surface area contributed by atoms with Gasteiger partial charge in [0.2, 0.25) is 0 Å². The number of piperazine rings is 1. The fourth-order valence-corrected chi connectivity index (χ4v) is 4.25. The molecule has 2 aromatic carbocycles. The summed E-state index contributed by atoms with van der Waals surface area (Å²) in [4.78, 5) is 16.7. The van der Waals surface area contributed by atoms with Gasteiger partial charge in [-0.3, -0.25) is 4.90 Å². The van der Waals surface area contributed by atoms with E-state index in [-0.39, 0.29) is 12.1 Å². The summed E-state index contributed by atoms with van der Waals surface area (Å²) in [6, 6.07) is 17.4. The van der Waals surface area contributed by atoms with Gasteiger partial charge >= 0.3 is 6.03 Å². The second-order valence-electron chi connectivity index (χ2n) is 8.30. The first-order chi connectivity index (χ1) is 16.2. The Morgan fingerprint density at radius 3 is 2.58 bits per heavy atom. The minimum Gasteiger partial charge on any atom is -0.497 e. The number of aromatic nitrogens is 3. The summed E-state index contributed by atoms with van der Waals surface area (Å²) in [5.41, 5.74) is 3.89. The van der Waals surface area contributed by atoms with Crippen molar-refractivity contribution in [1.82, 2.24) is 24.8 Å². The van der Waals surface area contributed by atoms with E-state index in [4.69, 9.17) is 9.47 Å². The SMILES string of the molecule is COc1ccc([C@@H]2Cn3nnc(CN4CCN(C(=O)Nc5ccccc5)CC4)c3CO2)cc1. The highest BCUT2D eigenvalue weighted by Gasteiger charge is 2.27. The Hall–Kier alpha value is -3.43. The standard InChI is InChI=1S/C24H28N6O3/c1-32-20-9-7-18(8-10-20)23-16-30-22(17-33-23)21(26-27-30)15-28-11-13-29(14-12-28)24(31)25-19-5-3-2-4-6-19/h2-10,23H,11-17H2,1H3,(H,25,31)/t23-/m0/s1. The third-order valence-corrected chi connectivity index (χ3v) is 6.22. The summed E-state index contributed by atoms with van der Waals surface area (Å²) >= 11 is 0. The van der Waals surface area contributed by atoms with Crippen molar-refractivity contribution in [3.05, 3.63) is 71.5 Å². The monoisotopic (exact) mass is 448 g/mol. The molecule has 0 bridgehead atoms. The molecule has 3 aromatic rings. The fraction of sp³-hybridized carbons (Fsp3) is 0.375. The Labute approximate surface area is 192 Å². The highest BCUT2D eigenvalue weighted by Crippen LogP contribution is 2.28. The largest absolute Gasteiger partial charge is 0.497 e. The fourth-order valence-electron chi connectivity index (χ4n) is 4.25. The summed E-state index contributed by atoms with van der Waals surface area (Å²) in [7, 11) is 1.66. The molecular formula is C24H28N6O3. The minimum absolute atomic E-state index is 0.0513. The molecule has 1 saturated heterocycles. The Morgan fingerprint density at radius 2 is 1.85 bits per heavy atom. The van der Waals surface area contributed by atoms with E-state index in [9.17, 15) is 4.79 Å². The molecule has 1 atom stereocenters. The summed E-state index contributed by atoms with van der Waals surface area (Å²) in [6.07, 6.45) is -0.0513. The number of nitrogens with zero attached hydrogens (tertiary/aromatic N) is 5. The average Bonchev–Trinajstić information content (AvgIpc) is 3.27. The molecule has 0 aliphatic carbocycles. The molecule has 0 saturated carbocycles. The molecule has 0 radical (unpaired) electrons. The first-order valence-corrected chi connectivity index (χ1v) is 11.2.